The molecular formula is C17H25N3. The van der Waals surface area contributed by atoms with Crippen molar-refractivity contribution >= 4 is 11.0 Å². The van der Waals surface area contributed by atoms with E-state index in [1.807, 2.05) is 12.4 Å². The summed E-state index contributed by atoms with van der Waals surface area (Å²) < 4.78 is 2.30. The van der Waals surface area contributed by atoms with Gasteiger partial charge in [-0.25, -0.2) is 4.98 Å². The highest BCUT2D eigenvalue weighted by atomic mass is 15.1. The minimum atomic E-state index is 0.242. The first kappa shape index (κ1) is 13.6. The lowest BCUT2D eigenvalue weighted by Crippen LogP contribution is -2.40. The largest absolute Gasteiger partial charge is 0.326 e. The molecule has 1 aliphatic carbocycles. The highest BCUT2D eigenvalue weighted by Crippen LogP contribution is 2.42. The molecule has 0 aliphatic heterocycles. The molecule has 0 bridgehead atoms. The first-order chi connectivity index (χ1) is 9.47. The van der Waals surface area contributed by atoms with Gasteiger partial charge in [-0.2, -0.15) is 0 Å². The number of hydrogen-bond donors (Lipinski definition) is 1. The fourth-order valence-electron chi connectivity index (χ4n) is 3.52. The van der Waals surface area contributed by atoms with Crippen LogP contribution in [0.1, 0.15) is 46.1 Å². The van der Waals surface area contributed by atoms with Crippen LogP contribution in [-0.2, 0) is 0 Å². The van der Waals surface area contributed by atoms with Crippen LogP contribution >= 0.6 is 0 Å². The predicted molar refractivity (Wildman–Crippen MR) is 83.5 cm³/mol. The second kappa shape index (κ2) is 4.88. The topological polar surface area (TPSA) is 43.8 Å². The molecule has 108 valence electrons. The molecule has 1 aromatic carbocycles. The molecule has 3 rings (SSSR count). The zero-order valence-corrected chi connectivity index (χ0v) is 12.7. The molecule has 0 radical (unpaired) electrons. The second-order valence-electron chi connectivity index (χ2n) is 7.25. The van der Waals surface area contributed by atoms with E-state index in [1.165, 1.54) is 11.9 Å². The van der Waals surface area contributed by atoms with E-state index in [1.54, 1.807) is 0 Å². The van der Waals surface area contributed by atoms with Crippen molar-refractivity contribution in [1.29, 1.82) is 0 Å². The number of rotatable bonds is 1. The number of hydrogen-bond acceptors (Lipinski definition) is 2. The summed E-state index contributed by atoms with van der Waals surface area (Å²) in [6.07, 6.45) is 5.48. The van der Waals surface area contributed by atoms with Gasteiger partial charge in [0, 0.05) is 6.04 Å². The molecule has 0 amide bonds. The molecule has 0 saturated heterocycles. The summed E-state index contributed by atoms with van der Waals surface area (Å²) in [4.78, 5) is 4.52. The van der Waals surface area contributed by atoms with Gasteiger partial charge in [-0.1, -0.05) is 32.9 Å². The van der Waals surface area contributed by atoms with Crippen LogP contribution in [0.4, 0.5) is 0 Å². The van der Waals surface area contributed by atoms with E-state index >= 15 is 0 Å². The smallest absolute Gasteiger partial charge is 0.0961 e. The van der Waals surface area contributed by atoms with E-state index in [0.717, 1.165) is 24.3 Å². The third kappa shape index (κ3) is 2.35. The van der Waals surface area contributed by atoms with Gasteiger partial charge in [-0.05, 0) is 42.7 Å². The van der Waals surface area contributed by atoms with Crippen LogP contribution < -0.4 is 5.73 Å². The lowest BCUT2D eigenvalue weighted by Gasteiger charge is -2.41. The molecule has 1 heterocycles. The van der Waals surface area contributed by atoms with Crippen molar-refractivity contribution in [2.75, 3.05) is 0 Å². The van der Waals surface area contributed by atoms with Gasteiger partial charge in [0.05, 0.1) is 23.4 Å². The Kier molecular flexibility index (Phi) is 3.33. The highest BCUT2D eigenvalue weighted by molar-refractivity contribution is 5.75. The molecule has 1 saturated carbocycles. The Labute approximate surface area is 121 Å². The molecule has 3 atom stereocenters. The molecule has 3 unspecified atom stereocenters. The number of fused-ring (bicyclic) bond motifs is 1. The summed E-state index contributed by atoms with van der Waals surface area (Å²) >= 11 is 0. The maximum absolute atomic E-state index is 6.42. The van der Waals surface area contributed by atoms with Crippen LogP contribution in [0, 0.1) is 11.3 Å². The normalized spacial score (nSPS) is 27.9. The first-order valence-corrected chi connectivity index (χ1v) is 7.64. The average Bonchev–Trinajstić information content (AvgIpc) is 2.82. The van der Waals surface area contributed by atoms with Gasteiger partial charge in [-0.15, -0.1) is 0 Å². The fraction of sp³-hybridized carbons (Fsp3) is 0.588. The van der Waals surface area contributed by atoms with Crippen LogP contribution in [0.3, 0.4) is 0 Å². The molecule has 20 heavy (non-hydrogen) atoms. The highest BCUT2D eigenvalue weighted by Gasteiger charge is 2.35. The van der Waals surface area contributed by atoms with Gasteiger partial charge < -0.3 is 10.3 Å². The molecule has 1 fully saturated rings. The predicted octanol–water partition coefficient (Wildman–Crippen LogP) is 3.75. The van der Waals surface area contributed by atoms with Crippen molar-refractivity contribution in [3.63, 3.8) is 0 Å². The van der Waals surface area contributed by atoms with Gasteiger partial charge >= 0.3 is 0 Å². The van der Waals surface area contributed by atoms with Crippen LogP contribution in [0.5, 0.6) is 0 Å². The van der Waals surface area contributed by atoms with E-state index in [4.69, 9.17) is 5.73 Å². The number of nitrogens with two attached hydrogens (primary N) is 1. The summed E-state index contributed by atoms with van der Waals surface area (Å²) in [7, 11) is 0. The number of para-hydroxylation sites is 2. The molecule has 1 aliphatic rings. The van der Waals surface area contributed by atoms with Gasteiger partial charge in [0.15, 0.2) is 0 Å². The average molecular weight is 271 g/mol. The zero-order chi connectivity index (χ0) is 14.3. The van der Waals surface area contributed by atoms with E-state index in [2.05, 4.69) is 48.5 Å². The van der Waals surface area contributed by atoms with Crippen LogP contribution in [0.15, 0.2) is 30.6 Å². The second-order valence-corrected chi connectivity index (χ2v) is 7.25. The molecule has 2 aromatic rings. The van der Waals surface area contributed by atoms with Gasteiger partial charge in [0.2, 0.25) is 0 Å². The van der Waals surface area contributed by atoms with E-state index < -0.39 is 0 Å². The van der Waals surface area contributed by atoms with Crippen molar-refractivity contribution in [3.05, 3.63) is 30.6 Å². The van der Waals surface area contributed by atoms with Crippen LogP contribution in [0.2, 0.25) is 0 Å². The lowest BCUT2D eigenvalue weighted by molar-refractivity contribution is 0.132. The minimum absolute atomic E-state index is 0.242. The quantitative estimate of drug-likeness (QED) is 0.858. The van der Waals surface area contributed by atoms with Gasteiger partial charge in [0.1, 0.15) is 0 Å². The summed E-state index contributed by atoms with van der Waals surface area (Å²) in [6.45, 7) is 7.03. The molecule has 0 spiro atoms. The SMILES string of the molecule is CC(C)(C)C1CCC(N)C(n2cnc3ccccc32)C1. The molecule has 2 N–H and O–H groups in total. The summed E-state index contributed by atoms with van der Waals surface area (Å²) in [5.41, 5.74) is 9.05. The summed E-state index contributed by atoms with van der Waals surface area (Å²) in [5.74, 6) is 0.730. The van der Waals surface area contributed by atoms with Crippen LogP contribution in [-0.4, -0.2) is 15.6 Å². The van der Waals surface area contributed by atoms with E-state index in [-0.39, 0.29) is 6.04 Å². The minimum Gasteiger partial charge on any atom is -0.326 e. The molecule has 3 nitrogen and oxygen atoms in total. The molecule has 1 aromatic heterocycles. The summed E-state index contributed by atoms with van der Waals surface area (Å²) in [6, 6.07) is 8.96. The Balaban J connectivity index is 1.95. The third-order valence-corrected chi connectivity index (χ3v) is 4.93. The van der Waals surface area contributed by atoms with Gasteiger partial charge in [0.25, 0.3) is 0 Å². The van der Waals surface area contributed by atoms with Crippen molar-refractivity contribution in [2.45, 2.75) is 52.1 Å². The number of aromatic nitrogens is 2. The van der Waals surface area contributed by atoms with Crippen molar-refractivity contribution < 1.29 is 0 Å². The standard InChI is InChI=1S/C17H25N3/c1-17(2,3)12-8-9-13(18)16(10-12)20-11-19-14-6-4-5-7-15(14)20/h4-7,11-13,16H,8-10,18H2,1-3H3. The fourth-order valence-corrected chi connectivity index (χ4v) is 3.52. The Morgan fingerprint density at radius 3 is 2.70 bits per heavy atom. The Hall–Kier alpha value is -1.35. The van der Waals surface area contributed by atoms with Gasteiger partial charge in [-0.3, -0.25) is 0 Å². The van der Waals surface area contributed by atoms with Crippen molar-refractivity contribution in [3.8, 4) is 0 Å². The van der Waals surface area contributed by atoms with E-state index in [9.17, 15) is 0 Å². The van der Waals surface area contributed by atoms with Crippen LogP contribution in [0.25, 0.3) is 11.0 Å². The number of nitrogens with zero attached hydrogens (tertiary/aromatic N) is 2. The van der Waals surface area contributed by atoms with Crippen molar-refractivity contribution in [2.24, 2.45) is 17.1 Å². The number of benzene rings is 1. The molecule has 3 heteroatoms. The third-order valence-electron chi connectivity index (χ3n) is 4.93. The molecular weight excluding hydrogens is 246 g/mol. The monoisotopic (exact) mass is 271 g/mol. The Morgan fingerprint density at radius 2 is 1.95 bits per heavy atom. The Morgan fingerprint density at radius 1 is 1.20 bits per heavy atom. The van der Waals surface area contributed by atoms with Crippen molar-refractivity contribution in [1.82, 2.24) is 9.55 Å². The van der Waals surface area contributed by atoms with E-state index in [0.29, 0.717) is 11.5 Å². The maximum atomic E-state index is 6.42. The Bertz CT molecular complexity index is 594. The first-order valence-electron chi connectivity index (χ1n) is 7.64. The summed E-state index contributed by atoms with van der Waals surface area (Å²) in [5, 5.41) is 0. The lowest BCUT2D eigenvalue weighted by atomic mass is 9.69. The maximum Gasteiger partial charge on any atom is 0.0961 e. The zero-order valence-electron chi connectivity index (χ0n) is 12.7. The number of imidazole rings is 1.